The van der Waals surface area contributed by atoms with Crippen LogP contribution in [0.2, 0.25) is 0 Å². The third kappa shape index (κ3) is 3.85. The molecule has 0 aromatic carbocycles. The summed E-state index contributed by atoms with van der Waals surface area (Å²) in [7, 11) is 0. The maximum atomic E-state index is 2.47. The molecular weight excluding hydrogens is 256 g/mol. The first-order valence-corrected chi connectivity index (χ1v) is 10.00. The predicted octanol–water partition coefficient (Wildman–Crippen LogP) is 5.82. The van der Waals surface area contributed by atoms with E-state index >= 15 is 0 Å². The first-order valence-electron chi connectivity index (χ1n) is 7.90. The Bertz CT molecular complexity index is 235. The Morgan fingerprint density at radius 2 is 1.61 bits per heavy atom. The van der Waals surface area contributed by atoms with Crippen LogP contribution < -0.4 is 0 Å². The van der Waals surface area contributed by atoms with Crippen molar-refractivity contribution in [3.63, 3.8) is 0 Å². The van der Waals surface area contributed by atoms with Crippen LogP contribution in [0.3, 0.4) is 0 Å². The lowest BCUT2D eigenvalue weighted by Crippen LogP contribution is -2.32. The van der Waals surface area contributed by atoms with Crippen molar-refractivity contribution in [2.45, 2.75) is 70.3 Å². The molecule has 0 amide bonds. The van der Waals surface area contributed by atoms with Gasteiger partial charge in [-0.2, -0.15) is 0 Å². The van der Waals surface area contributed by atoms with Crippen molar-refractivity contribution < 1.29 is 0 Å². The molecule has 0 spiro atoms. The zero-order valence-electron chi connectivity index (χ0n) is 12.4. The first-order chi connectivity index (χ1) is 8.67. The van der Waals surface area contributed by atoms with Crippen LogP contribution in [0.4, 0.5) is 0 Å². The molecule has 1 saturated carbocycles. The highest BCUT2D eigenvalue weighted by Gasteiger charge is 2.35. The lowest BCUT2D eigenvalue weighted by atomic mass is 9.81. The molecule has 2 heteroatoms. The van der Waals surface area contributed by atoms with Crippen molar-refractivity contribution in [2.75, 3.05) is 11.5 Å². The number of hydrogen-bond acceptors (Lipinski definition) is 2. The average molecular weight is 287 g/mol. The summed E-state index contributed by atoms with van der Waals surface area (Å²) in [6.45, 7) is 7.17. The van der Waals surface area contributed by atoms with E-state index < -0.39 is 0 Å². The molecule has 2 fully saturated rings. The summed E-state index contributed by atoms with van der Waals surface area (Å²) < 4.78 is 0.923. The van der Waals surface area contributed by atoms with Crippen molar-refractivity contribution in [2.24, 2.45) is 17.3 Å². The van der Waals surface area contributed by atoms with Crippen molar-refractivity contribution >= 4 is 23.5 Å². The highest BCUT2D eigenvalue weighted by Crippen LogP contribution is 2.48. The molecule has 18 heavy (non-hydrogen) atoms. The van der Waals surface area contributed by atoms with Crippen molar-refractivity contribution in [1.82, 2.24) is 0 Å². The van der Waals surface area contributed by atoms with Gasteiger partial charge in [0, 0.05) is 11.5 Å². The molecule has 0 bridgehead atoms. The van der Waals surface area contributed by atoms with Crippen LogP contribution in [-0.2, 0) is 0 Å². The fourth-order valence-corrected chi connectivity index (χ4v) is 7.05. The van der Waals surface area contributed by atoms with E-state index in [1.807, 2.05) is 0 Å². The fourth-order valence-electron chi connectivity index (χ4n) is 3.29. The number of hydrogen-bond donors (Lipinski definition) is 0. The molecular formula is C16H30S2. The number of thioether (sulfide) groups is 2. The molecule has 0 N–H and O–H groups in total. The minimum atomic E-state index is 0.616. The molecule has 0 unspecified atom stereocenters. The summed E-state index contributed by atoms with van der Waals surface area (Å²) in [6.07, 6.45) is 10.3. The van der Waals surface area contributed by atoms with Gasteiger partial charge in [0.05, 0.1) is 4.58 Å². The van der Waals surface area contributed by atoms with Gasteiger partial charge >= 0.3 is 0 Å². The van der Waals surface area contributed by atoms with Gasteiger partial charge in [0.15, 0.2) is 0 Å². The van der Waals surface area contributed by atoms with Gasteiger partial charge in [-0.1, -0.05) is 46.5 Å². The van der Waals surface area contributed by atoms with Gasteiger partial charge in [0.2, 0.25) is 0 Å². The zero-order valence-corrected chi connectivity index (χ0v) is 14.0. The molecule has 0 radical (unpaired) electrons. The van der Waals surface area contributed by atoms with Crippen molar-refractivity contribution in [1.29, 1.82) is 0 Å². The third-order valence-electron chi connectivity index (χ3n) is 5.02. The summed E-state index contributed by atoms with van der Waals surface area (Å²) in [4.78, 5) is 0. The van der Waals surface area contributed by atoms with E-state index in [0.717, 1.165) is 16.4 Å². The Morgan fingerprint density at radius 1 is 1.00 bits per heavy atom. The monoisotopic (exact) mass is 286 g/mol. The molecule has 2 rings (SSSR count). The maximum absolute atomic E-state index is 2.47. The molecule has 1 aliphatic heterocycles. The fraction of sp³-hybridized carbons (Fsp3) is 1.00. The first kappa shape index (κ1) is 15.1. The second kappa shape index (κ2) is 6.92. The van der Waals surface area contributed by atoms with Gasteiger partial charge in [0.1, 0.15) is 0 Å². The summed E-state index contributed by atoms with van der Waals surface area (Å²) in [5, 5.41) is 0. The molecule has 0 atom stereocenters. The Balaban J connectivity index is 1.74. The molecule has 1 aliphatic carbocycles. The van der Waals surface area contributed by atoms with E-state index in [4.69, 9.17) is 0 Å². The van der Waals surface area contributed by atoms with E-state index in [2.05, 4.69) is 44.3 Å². The van der Waals surface area contributed by atoms with E-state index in [9.17, 15) is 0 Å². The average Bonchev–Trinajstić information content (AvgIpc) is 2.41. The standard InChI is InChI=1S/C16H30S2/c1-4-6-13-7-9-14(10-8-13)15-17-11-16(3,5-2)12-18-15/h13-15H,4-12H2,1-3H3/t13?,14?,15-,16-. The van der Waals surface area contributed by atoms with Crippen molar-refractivity contribution in [3.8, 4) is 0 Å². The van der Waals surface area contributed by atoms with Gasteiger partial charge in [-0.05, 0) is 36.5 Å². The van der Waals surface area contributed by atoms with E-state index in [0.29, 0.717) is 5.41 Å². The highest BCUT2D eigenvalue weighted by molar-refractivity contribution is 8.17. The van der Waals surface area contributed by atoms with Gasteiger partial charge in [0.25, 0.3) is 0 Å². The zero-order chi connectivity index (χ0) is 13.0. The Kier molecular flexibility index (Phi) is 5.81. The van der Waals surface area contributed by atoms with Crippen molar-refractivity contribution in [3.05, 3.63) is 0 Å². The third-order valence-corrected chi connectivity index (χ3v) is 8.99. The van der Waals surface area contributed by atoms with Gasteiger partial charge in [-0.3, -0.25) is 0 Å². The lowest BCUT2D eigenvalue weighted by molar-refractivity contribution is 0.272. The molecule has 1 heterocycles. The largest absolute Gasteiger partial charge is 0.147 e. The normalized spacial score (nSPS) is 41.8. The second-order valence-corrected chi connectivity index (χ2v) is 9.28. The predicted molar refractivity (Wildman–Crippen MR) is 87.5 cm³/mol. The maximum Gasteiger partial charge on any atom is 0.0531 e. The van der Waals surface area contributed by atoms with Crippen LogP contribution in [0.1, 0.15) is 65.7 Å². The van der Waals surface area contributed by atoms with Gasteiger partial charge in [-0.25, -0.2) is 0 Å². The van der Waals surface area contributed by atoms with Crippen LogP contribution >= 0.6 is 23.5 Å². The Morgan fingerprint density at radius 3 is 2.11 bits per heavy atom. The van der Waals surface area contributed by atoms with Crippen LogP contribution in [0.5, 0.6) is 0 Å². The SMILES string of the molecule is CCCC1CCC([C@H]2SC[C@](C)(CC)CS2)CC1. The molecule has 106 valence electrons. The minimum Gasteiger partial charge on any atom is -0.147 e. The summed E-state index contributed by atoms with van der Waals surface area (Å²) >= 11 is 4.56. The lowest BCUT2D eigenvalue weighted by Gasteiger charge is -2.41. The molecule has 1 saturated heterocycles. The second-order valence-electron chi connectivity index (χ2n) is 6.72. The van der Waals surface area contributed by atoms with Gasteiger partial charge in [-0.15, -0.1) is 23.5 Å². The van der Waals surface area contributed by atoms with Gasteiger partial charge < -0.3 is 0 Å². The smallest absolute Gasteiger partial charge is 0.0531 e. The Labute approximate surface area is 122 Å². The van der Waals surface area contributed by atoms with E-state index in [1.54, 1.807) is 0 Å². The molecule has 0 nitrogen and oxygen atoms in total. The summed E-state index contributed by atoms with van der Waals surface area (Å²) in [5.41, 5.74) is 0.616. The molecule has 2 aliphatic rings. The molecule has 0 aromatic heterocycles. The minimum absolute atomic E-state index is 0.616. The summed E-state index contributed by atoms with van der Waals surface area (Å²) in [5.74, 6) is 4.88. The topological polar surface area (TPSA) is 0 Å². The van der Waals surface area contributed by atoms with Crippen LogP contribution in [0, 0.1) is 17.3 Å². The van der Waals surface area contributed by atoms with E-state index in [-0.39, 0.29) is 0 Å². The number of rotatable bonds is 4. The summed E-state index contributed by atoms with van der Waals surface area (Å²) in [6, 6.07) is 0. The van der Waals surface area contributed by atoms with E-state index in [1.165, 1.54) is 56.5 Å². The Hall–Kier alpha value is 0.700. The van der Waals surface area contributed by atoms with Crippen LogP contribution in [0.15, 0.2) is 0 Å². The van der Waals surface area contributed by atoms with Crippen LogP contribution in [-0.4, -0.2) is 16.1 Å². The highest BCUT2D eigenvalue weighted by atomic mass is 32.2. The molecule has 0 aromatic rings. The quantitative estimate of drug-likeness (QED) is 0.639. The van der Waals surface area contributed by atoms with Crippen LogP contribution in [0.25, 0.3) is 0 Å².